The number of nitrogens with one attached hydrogen (secondary N) is 1. The van der Waals surface area contributed by atoms with Crippen LogP contribution in [0.25, 0.3) is 38.2 Å². The first-order valence-corrected chi connectivity index (χ1v) is 11.6. The first-order chi connectivity index (χ1) is 14.8. The smallest absolute Gasteiger partial charge is 0.265 e. The molecule has 4 aromatic carbocycles. The van der Waals surface area contributed by atoms with E-state index in [0.29, 0.717) is 0 Å². The van der Waals surface area contributed by atoms with Crippen molar-refractivity contribution in [1.29, 1.82) is 0 Å². The number of benzene rings is 4. The van der Waals surface area contributed by atoms with Crippen LogP contribution in [0, 0.1) is 0 Å². The average molecular weight is 424 g/mol. The van der Waals surface area contributed by atoms with Gasteiger partial charge in [0.25, 0.3) is 5.01 Å². The molecule has 0 spiro atoms. The third-order valence-corrected chi connectivity index (χ3v) is 7.73. The number of fused-ring (bicyclic) bond motifs is 4. The number of thioether (sulfide) groups is 1. The third kappa shape index (κ3) is 2.92. The van der Waals surface area contributed by atoms with Gasteiger partial charge in [0.2, 0.25) is 5.52 Å². The van der Waals surface area contributed by atoms with E-state index in [0.717, 1.165) is 0 Å². The first kappa shape index (κ1) is 17.8. The van der Waals surface area contributed by atoms with E-state index in [1.165, 1.54) is 52.7 Å². The van der Waals surface area contributed by atoms with E-state index < -0.39 is 0 Å². The Bertz CT molecular complexity index is 1450. The monoisotopic (exact) mass is 423 g/mol. The molecule has 1 aliphatic heterocycles. The Morgan fingerprint density at radius 2 is 1.67 bits per heavy atom. The molecule has 0 amide bonds. The van der Waals surface area contributed by atoms with E-state index in [2.05, 4.69) is 108 Å². The number of hydrogen-bond donors (Lipinski definition) is 1. The van der Waals surface area contributed by atoms with Crippen LogP contribution in [0.3, 0.4) is 0 Å². The molecule has 1 N–H and O–H groups in total. The zero-order chi connectivity index (χ0) is 20.1. The van der Waals surface area contributed by atoms with E-state index in [4.69, 9.17) is 0 Å². The summed E-state index contributed by atoms with van der Waals surface area (Å²) in [5.74, 6) is 0. The van der Waals surface area contributed by atoms with Gasteiger partial charge in [0, 0.05) is 4.90 Å². The van der Waals surface area contributed by atoms with Gasteiger partial charge in [0.15, 0.2) is 0 Å². The fourth-order valence-electron chi connectivity index (χ4n) is 4.06. The van der Waals surface area contributed by atoms with E-state index in [-0.39, 0.29) is 0 Å². The summed E-state index contributed by atoms with van der Waals surface area (Å²) >= 11 is 3.64. The van der Waals surface area contributed by atoms with Gasteiger partial charge in [0.05, 0.1) is 22.2 Å². The summed E-state index contributed by atoms with van der Waals surface area (Å²) < 4.78 is 3.63. The Hall–Kier alpha value is -3.08. The molecular formula is C26H19N2S2+. The van der Waals surface area contributed by atoms with Gasteiger partial charge in [-0.1, -0.05) is 83.8 Å². The maximum atomic E-state index is 3.62. The van der Waals surface area contributed by atoms with Gasteiger partial charge < -0.3 is 5.32 Å². The highest BCUT2D eigenvalue weighted by Crippen LogP contribution is 2.43. The molecule has 1 aliphatic rings. The predicted molar refractivity (Wildman–Crippen MR) is 130 cm³/mol. The van der Waals surface area contributed by atoms with Crippen molar-refractivity contribution >= 4 is 55.9 Å². The lowest BCUT2D eigenvalue weighted by Crippen LogP contribution is -2.29. The van der Waals surface area contributed by atoms with Crippen LogP contribution in [0.1, 0.15) is 5.01 Å². The van der Waals surface area contributed by atoms with Crippen LogP contribution in [0.4, 0.5) is 5.69 Å². The molecule has 0 saturated heterocycles. The van der Waals surface area contributed by atoms with Crippen molar-refractivity contribution in [3.63, 3.8) is 0 Å². The SMILES string of the molecule is C[n+]1c(C=C2Nc3cc(-c4ccccc4)ccc3S2)sc2ccc3ccccc3c21. The zero-order valence-electron chi connectivity index (χ0n) is 16.4. The molecule has 6 rings (SSSR count). The molecule has 0 unspecified atom stereocenters. The molecule has 0 bridgehead atoms. The van der Waals surface area contributed by atoms with Gasteiger partial charge in [-0.05, 0) is 40.8 Å². The molecule has 1 aromatic heterocycles. The second kappa shape index (κ2) is 7.01. The topological polar surface area (TPSA) is 15.9 Å². The van der Waals surface area contributed by atoms with Crippen molar-refractivity contribution in [3.05, 3.63) is 95.0 Å². The molecular weight excluding hydrogens is 404 g/mol. The van der Waals surface area contributed by atoms with Crippen LogP contribution in [-0.2, 0) is 7.05 Å². The lowest BCUT2D eigenvalue weighted by atomic mass is 10.1. The van der Waals surface area contributed by atoms with Crippen molar-refractivity contribution in [2.75, 3.05) is 5.32 Å². The highest BCUT2D eigenvalue weighted by molar-refractivity contribution is 8.03. The number of rotatable bonds is 2. The van der Waals surface area contributed by atoms with Crippen LogP contribution in [0.2, 0.25) is 0 Å². The van der Waals surface area contributed by atoms with E-state index in [9.17, 15) is 0 Å². The Labute approximate surface area is 183 Å². The molecule has 4 heteroatoms. The lowest BCUT2D eigenvalue weighted by molar-refractivity contribution is -0.641. The molecule has 0 atom stereocenters. The second-order valence-corrected chi connectivity index (χ2v) is 9.59. The predicted octanol–water partition coefficient (Wildman–Crippen LogP) is 7.06. The van der Waals surface area contributed by atoms with Crippen LogP contribution in [-0.4, -0.2) is 0 Å². The number of thiazole rings is 1. The average Bonchev–Trinajstić information content (AvgIpc) is 3.34. The molecule has 0 aliphatic carbocycles. The quantitative estimate of drug-likeness (QED) is 0.306. The standard InChI is InChI=1S/C26H18N2S2/c1-28-25(30-23-14-11-18-9-5-6-10-20(18)26(23)28)16-24-27-21-15-19(12-13-22(21)29-24)17-7-3-2-4-8-17/h2-16H,1H3/p+1. The molecule has 2 nitrogen and oxygen atoms in total. The Morgan fingerprint density at radius 3 is 2.57 bits per heavy atom. The molecule has 2 heterocycles. The molecule has 0 fully saturated rings. The number of aromatic nitrogens is 1. The van der Waals surface area contributed by atoms with Gasteiger partial charge in [0.1, 0.15) is 11.7 Å². The van der Waals surface area contributed by atoms with Crippen molar-refractivity contribution < 1.29 is 4.57 Å². The molecule has 144 valence electrons. The lowest BCUT2D eigenvalue weighted by Gasteiger charge is -2.04. The minimum Gasteiger partial charge on any atom is -0.349 e. The Morgan fingerprint density at radius 1 is 0.833 bits per heavy atom. The summed E-state index contributed by atoms with van der Waals surface area (Å²) in [7, 11) is 2.16. The van der Waals surface area contributed by atoms with Crippen molar-refractivity contribution in [2.45, 2.75) is 4.90 Å². The van der Waals surface area contributed by atoms with Gasteiger partial charge in [-0.15, -0.1) is 0 Å². The highest BCUT2D eigenvalue weighted by Gasteiger charge is 2.22. The van der Waals surface area contributed by atoms with Crippen LogP contribution in [0.15, 0.2) is 94.9 Å². The number of anilines is 1. The van der Waals surface area contributed by atoms with E-state index in [1.807, 2.05) is 11.3 Å². The summed E-state index contributed by atoms with van der Waals surface area (Å²) in [6.07, 6.45) is 2.27. The summed E-state index contributed by atoms with van der Waals surface area (Å²) in [6, 6.07) is 30.3. The summed E-state index contributed by atoms with van der Waals surface area (Å²) in [4.78, 5) is 1.27. The van der Waals surface area contributed by atoms with Crippen molar-refractivity contribution in [2.24, 2.45) is 7.05 Å². The van der Waals surface area contributed by atoms with E-state index >= 15 is 0 Å². The van der Waals surface area contributed by atoms with Gasteiger partial charge in [-0.2, -0.15) is 4.57 Å². The van der Waals surface area contributed by atoms with Gasteiger partial charge in [-0.3, -0.25) is 0 Å². The Balaban J connectivity index is 1.38. The number of hydrogen-bond acceptors (Lipinski definition) is 3. The third-order valence-electron chi connectivity index (χ3n) is 5.56. The normalized spacial score (nSPS) is 14.4. The maximum absolute atomic E-state index is 3.62. The van der Waals surface area contributed by atoms with Gasteiger partial charge in [-0.25, -0.2) is 0 Å². The zero-order valence-corrected chi connectivity index (χ0v) is 18.1. The second-order valence-electron chi connectivity index (χ2n) is 7.45. The molecule has 30 heavy (non-hydrogen) atoms. The summed E-state index contributed by atoms with van der Waals surface area (Å²) in [5.41, 5.74) is 4.97. The van der Waals surface area contributed by atoms with Crippen LogP contribution >= 0.6 is 23.1 Å². The highest BCUT2D eigenvalue weighted by atomic mass is 32.2. The summed E-state index contributed by atoms with van der Waals surface area (Å²) in [5, 5.41) is 8.62. The Kier molecular flexibility index (Phi) is 4.15. The largest absolute Gasteiger partial charge is 0.349 e. The molecule has 0 radical (unpaired) electrons. The van der Waals surface area contributed by atoms with Crippen LogP contribution < -0.4 is 9.88 Å². The van der Waals surface area contributed by atoms with Crippen molar-refractivity contribution in [1.82, 2.24) is 0 Å². The van der Waals surface area contributed by atoms with E-state index in [1.54, 1.807) is 11.8 Å². The minimum atomic E-state index is 1.17. The fraction of sp³-hybridized carbons (Fsp3) is 0.0385. The first-order valence-electron chi connectivity index (χ1n) is 9.93. The van der Waals surface area contributed by atoms with Crippen molar-refractivity contribution in [3.8, 4) is 11.1 Å². The summed E-state index contributed by atoms with van der Waals surface area (Å²) in [6.45, 7) is 0. The maximum Gasteiger partial charge on any atom is 0.265 e. The number of nitrogens with zero attached hydrogens (tertiary/aromatic N) is 1. The van der Waals surface area contributed by atoms with Gasteiger partial charge >= 0.3 is 0 Å². The molecule has 0 saturated carbocycles. The minimum absolute atomic E-state index is 1.17. The molecule has 5 aromatic rings. The fourth-order valence-corrected chi connectivity index (χ4v) is 6.17. The van der Waals surface area contributed by atoms with Crippen LogP contribution in [0.5, 0.6) is 0 Å². The number of aryl methyl sites for hydroxylation is 1.